The fraction of sp³-hybridized carbons (Fsp3) is 0.158. The van der Waals surface area contributed by atoms with Crippen molar-refractivity contribution in [2.24, 2.45) is 0 Å². The van der Waals surface area contributed by atoms with E-state index >= 15 is 0 Å². The zero-order chi connectivity index (χ0) is 19.6. The molecule has 1 aliphatic heterocycles. The van der Waals surface area contributed by atoms with Crippen molar-refractivity contribution in [2.45, 2.75) is 13.0 Å². The average molecular weight is 390 g/mol. The maximum Gasteiger partial charge on any atom is 0.319 e. The molecule has 0 aliphatic carbocycles. The molecular weight excluding hydrogens is 373 g/mol. The number of ether oxygens (including phenoxy) is 1. The third-order valence-electron chi connectivity index (χ3n) is 4.13. The van der Waals surface area contributed by atoms with E-state index in [-0.39, 0.29) is 0 Å². The van der Waals surface area contributed by atoms with Crippen LogP contribution in [-0.4, -0.2) is 19.0 Å². The highest BCUT2D eigenvalue weighted by Crippen LogP contribution is 2.31. The lowest BCUT2D eigenvalue weighted by Gasteiger charge is -2.28. The Labute approximate surface area is 160 Å². The fourth-order valence-electron chi connectivity index (χ4n) is 2.87. The van der Waals surface area contributed by atoms with Gasteiger partial charge >= 0.3 is 6.03 Å². The van der Waals surface area contributed by atoms with Crippen LogP contribution in [0.15, 0.2) is 53.7 Å². The number of hydrogen-bond acceptors (Lipinski definition) is 3. The molecule has 3 rings (SSSR count). The number of halogens is 2. The molecule has 2 aromatic rings. The van der Waals surface area contributed by atoms with Gasteiger partial charge in [0.15, 0.2) is 0 Å². The number of rotatable bonds is 4. The van der Waals surface area contributed by atoms with Crippen LogP contribution in [0.2, 0.25) is 5.02 Å². The maximum absolute atomic E-state index is 13.3. The van der Waals surface area contributed by atoms with Crippen molar-refractivity contribution in [2.75, 3.05) is 12.4 Å². The first-order valence-electron chi connectivity index (χ1n) is 8.07. The Morgan fingerprint density at radius 2 is 1.93 bits per heavy atom. The molecule has 140 valence electrons. The molecule has 1 atom stereocenters. The summed E-state index contributed by atoms with van der Waals surface area (Å²) in [6.45, 7) is 1.62. The van der Waals surface area contributed by atoms with Crippen LogP contribution < -0.4 is 20.7 Å². The molecule has 0 bridgehead atoms. The van der Waals surface area contributed by atoms with E-state index in [2.05, 4.69) is 16.0 Å². The van der Waals surface area contributed by atoms with Gasteiger partial charge in [-0.05, 0) is 42.8 Å². The summed E-state index contributed by atoms with van der Waals surface area (Å²) in [5.74, 6) is -0.415. The Bertz CT molecular complexity index is 928. The molecule has 3 N–H and O–H groups in total. The lowest BCUT2D eigenvalue weighted by Crippen LogP contribution is -2.46. The van der Waals surface area contributed by atoms with Gasteiger partial charge in [0, 0.05) is 10.7 Å². The molecule has 27 heavy (non-hydrogen) atoms. The molecular formula is C19H17ClFN3O3. The Morgan fingerprint density at radius 3 is 2.59 bits per heavy atom. The highest BCUT2D eigenvalue weighted by atomic mass is 35.5. The summed E-state index contributed by atoms with van der Waals surface area (Å²) in [6.07, 6.45) is 0. The van der Waals surface area contributed by atoms with E-state index < -0.39 is 23.8 Å². The second-order valence-electron chi connectivity index (χ2n) is 5.92. The predicted octanol–water partition coefficient (Wildman–Crippen LogP) is 3.75. The van der Waals surface area contributed by atoms with Crippen LogP contribution in [0.4, 0.5) is 14.9 Å². The lowest BCUT2D eigenvalue weighted by molar-refractivity contribution is -0.113. The second-order valence-corrected chi connectivity index (χ2v) is 6.36. The van der Waals surface area contributed by atoms with Gasteiger partial charge in [-0.3, -0.25) is 4.79 Å². The molecule has 0 spiro atoms. The second kappa shape index (κ2) is 7.67. The van der Waals surface area contributed by atoms with Crippen LogP contribution in [0.1, 0.15) is 18.5 Å². The molecule has 0 fully saturated rings. The molecule has 8 heteroatoms. The highest BCUT2D eigenvalue weighted by molar-refractivity contribution is 6.31. The molecule has 0 saturated heterocycles. The first-order chi connectivity index (χ1) is 12.9. The number of benzene rings is 2. The van der Waals surface area contributed by atoms with Crippen LogP contribution >= 0.6 is 11.6 Å². The van der Waals surface area contributed by atoms with E-state index in [4.69, 9.17) is 16.3 Å². The van der Waals surface area contributed by atoms with Crippen molar-refractivity contribution in [1.29, 1.82) is 0 Å². The minimum absolute atomic E-state index is 0.295. The largest absolute Gasteiger partial charge is 0.495 e. The summed E-state index contributed by atoms with van der Waals surface area (Å²) in [6, 6.07) is 9.25. The number of urea groups is 1. The van der Waals surface area contributed by atoms with E-state index in [9.17, 15) is 14.0 Å². The van der Waals surface area contributed by atoms with E-state index in [1.165, 1.54) is 31.4 Å². The number of carbonyl (C=O) groups is 2. The Kier molecular flexibility index (Phi) is 5.32. The molecule has 1 heterocycles. The Morgan fingerprint density at radius 1 is 1.22 bits per heavy atom. The van der Waals surface area contributed by atoms with Crippen LogP contribution in [0.25, 0.3) is 0 Å². The first-order valence-corrected chi connectivity index (χ1v) is 8.45. The van der Waals surface area contributed by atoms with Gasteiger partial charge in [-0.1, -0.05) is 23.7 Å². The normalized spacial score (nSPS) is 16.4. The topological polar surface area (TPSA) is 79.5 Å². The standard InChI is InChI=1S/C19H17ClFN3O3/c1-10-16(18(25)23-14-9-12(20)5-8-15(14)27-2)17(24-19(26)22-10)11-3-6-13(21)7-4-11/h3-9,17H,1-2H3,(H,23,25)(H2,22,24,26)/t17-/m1/s1. The van der Waals surface area contributed by atoms with Gasteiger partial charge in [-0.15, -0.1) is 0 Å². The SMILES string of the molecule is COc1ccc(Cl)cc1NC(=O)C1=C(C)NC(=O)N[C@@H]1c1ccc(F)cc1. The van der Waals surface area contributed by atoms with Crippen molar-refractivity contribution in [3.05, 3.63) is 70.1 Å². The third-order valence-corrected chi connectivity index (χ3v) is 4.36. The lowest BCUT2D eigenvalue weighted by atomic mass is 9.95. The van der Waals surface area contributed by atoms with Gasteiger partial charge in [0.2, 0.25) is 0 Å². The van der Waals surface area contributed by atoms with Crippen LogP contribution in [-0.2, 0) is 4.79 Å². The molecule has 2 aromatic carbocycles. The monoisotopic (exact) mass is 389 g/mol. The summed E-state index contributed by atoms with van der Waals surface area (Å²) in [7, 11) is 1.48. The van der Waals surface area contributed by atoms with Crippen molar-refractivity contribution >= 4 is 29.2 Å². The summed E-state index contributed by atoms with van der Waals surface area (Å²) < 4.78 is 18.5. The predicted molar refractivity (Wildman–Crippen MR) is 100 cm³/mol. The number of anilines is 1. The molecule has 3 amide bonds. The van der Waals surface area contributed by atoms with Crippen LogP contribution in [0.5, 0.6) is 5.75 Å². The van der Waals surface area contributed by atoms with Crippen molar-refractivity contribution < 1.29 is 18.7 Å². The first kappa shape index (κ1) is 18.7. The fourth-order valence-corrected chi connectivity index (χ4v) is 3.04. The summed E-state index contributed by atoms with van der Waals surface area (Å²) in [4.78, 5) is 24.9. The van der Waals surface area contributed by atoms with Crippen molar-refractivity contribution in [3.8, 4) is 5.75 Å². The van der Waals surface area contributed by atoms with E-state index in [0.717, 1.165) is 0 Å². The summed E-state index contributed by atoms with van der Waals surface area (Å²) in [5, 5.41) is 8.46. The van der Waals surface area contributed by atoms with Gasteiger partial charge in [-0.25, -0.2) is 9.18 Å². The zero-order valence-corrected chi connectivity index (χ0v) is 15.4. The minimum atomic E-state index is -0.732. The highest BCUT2D eigenvalue weighted by Gasteiger charge is 2.31. The number of allylic oxidation sites excluding steroid dienone is 1. The van der Waals surface area contributed by atoms with Gasteiger partial charge < -0.3 is 20.7 Å². The van der Waals surface area contributed by atoms with Crippen molar-refractivity contribution in [1.82, 2.24) is 10.6 Å². The minimum Gasteiger partial charge on any atom is -0.495 e. The van der Waals surface area contributed by atoms with Gasteiger partial charge in [-0.2, -0.15) is 0 Å². The number of hydrogen-bond donors (Lipinski definition) is 3. The molecule has 6 nitrogen and oxygen atoms in total. The Hall–Kier alpha value is -3.06. The third kappa shape index (κ3) is 4.03. The number of methoxy groups -OCH3 is 1. The van der Waals surface area contributed by atoms with Gasteiger partial charge in [0.25, 0.3) is 5.91 Å². The summed E-state index contributed by atoms with van der Waals surface area (Å²) in [5.41, 5.74) is 1.66. The molecule has 0 saturated carbocycles. The molecule has 0 unspecified atom stereocenters. The maximum atomic E-state index is 13.3. The van der Waals surface area contributed by atoms with Crippen LogP contribution in [0, 0.1) is 5.82 Å². The molecule has 0 aromatic heterocycles. The molecule has 1 aliphatic rings. The number of amides is 3. The molecule has 0 radical (unpaired) electrons. The van der Waals surface area contributed by atoms with E-state index in [1.807, 2.05) is 0 Å². The smallest absolute Gasteiger partial charge is 0.319 e. The Balaban J connectivity index is 1.97. The van der Waals surface area contributed by atoms with E-state index in [0.29, 0.717) is 33.3 Å². The van der Waals surface area contributed by atoms with Gasteiger partial charge in [0.1, 0.15) is 11.6 Å². The number of nitrogens with one attached hydrogen (secondary N) is 3. The van der Waals surface area contributed by atoms with Gasteiger partial charge in [0.05, 0.1) is 24.4 Å². The quantitative estimate of drug-likeness (QED) is 0.745. The van der Waals surface area contributed by atoms with Crippen molar-refractivity contribution in [3.63, 3.8) is 0 Å². The zero-order valence-electron chi connectivity index (χ0n) is 14.6. The van der Waals surface area contributed by atoms with E-state index in [1.54, 1.807) is 25.1 Å². The summed E-state index contributed by atoms with van der Waals surface area (Å²) >= 11 is 6.01. The van der Waals surface area contributed by atoms with Crippen LogP contribution in [0.3, 0.4) is 0 Å². The average Bonchev–Trinajstić information content (AvgIpc) is 2.61. The number of carbonyl (C=O) groups excluding carboxylic acids is 2.